The molecule has 9 aromatic rings. The summed E-state index contributed by atoms with van der Waals surface area (Å²) in [7, 11) is 2.85. The second-order valence-electron chi connectivity index (χ2n) is 15.1. The molecule has 0 heterocycles. The Hall–Kier alpha value is -7.19. The van der Waals surface area contributed by atoms with Crippen molar-refractivity contribution >= 4 is 65.7 Å². The van der Waals surface area contributed by atoms with Crippen LogP contribution in [0.25, 0.3) is 22.3 Å². The first-order valence-corrected chi connectivity index (χ1v) is 20.9. The maximum Gasteiger partial charge on any atom is 0.0467 e. The van der Waals surface area contributed by atoms with Gasteiger partial charge in [-0.05, 0) is 162 Å². The molecular formula is C56H46N3P. The molecule has 0 N–H and O–H groups in total. The van der Waals surface area contributed by atoms with Crippen LogP contribution in [0.15, 0.2) is 231 Å². The molecule has 0 amide bonds. The van der Waals surface area contributed by atoms with Crippen LogP contribution in [0.2, 0.25) is 0 Å². The quantitative estimate of drug-likeness (QED) is 0.121. The molecule has 1 unspecified atom stereocenters. The topological polar surface area (TPSA) is 9.72 Å². The van der Waals surface area contributed by atoms with Gasteiger partial charge in [0.05, 0.1) is 0 Å². The van der Waals surface area contributed by atoms with Crippen molar-refractivity contribution in [3.63, 3.8) is 0 Å². The normalized spacial score (nSPS) is 10.9. The molecule has 0 fully saturated rings. The highest BCUT2D eigenvalue weighted by atomic mass is 31.0. The van der Waals surface area contributed by atoms with Gasteiger partial charge in [-0.1, -0.05) is 121 Å². The fraction of sp³-hybridized carbons (Fsp3) is 0.0357. The minimum Gasteiger partial charge on any atom is -0.310 e. The van der Waals surface area contributed by atoms with E-state index in [4.69, 9.17) is 0 Å². The van der Waals surface area contributed by atoms with E-state index in [9.17, 15) is 0 Å². The van der Waals surface area contributed by atoms with E-state index in [0.29, 0.717) is 0 Å². The van der Waals surface area contributed by atoms with E-state index in [2.05, 4.69) is 268 Å². The molecule has 290 valence electrons. The molecule has 0 saturated heterocycles. The predicted octanol–water partition coefficient (Wildman–Crippen LogP) is 15.5. The lowest BCUT2D eigenvalue weighted by Crippen LogP contribution is -2.11. The van der Waals surface area contributed by atoms with Crippen molar-refractivity contribution in [3.8, 4) is 22.3 Å². The third-order valence-electron chi connectivity index (χ3n) is 10.8. The fourth-order valence-electron chi connectivity index (χ4n) is 7.91. The van der Waals surface area contributed by atoms with Crippen molar-refractivity contribution < 1.29 is 0 Å². The van der Waals surface area contributed by atoms with Crippen LogP contribution >= 0.6 is 9.24 Å². The summed E-state index contributed by atoms with van der Waals surface area (Å²) >= 11 is 0. The van der Waals surface area contributed by atoms with Crippen molar-refractivity contribution in [2.24, 2.45) is 0 Å². The van der Waals surface area contributed by atoms with Crippen LogP contribution in [-0.4, -0.2) is 0 Å². The molecule has 0 bridgehead atoms. The smallest absolute Gasteiger partial charge is 0.0467 e. The first kappa shape index (κ1) is 38.3. The highest BCUT2D eigenvalue weighted by Crippen LogP contribution is 2.40. The van der Waals surface area contributed by atoms with Crippen LogP contribution in [-0.2, 0) is 0 Å². The first-order valence-electron chi connectivity index (χ1n) is 20.4. The SMILES string of the molecule is Cc1cccc(N(c2ccccc2)c2ccc(-c3ccc(N(c4ccc(-c5ccc(N(c6ccccc6)c6cccc(C)c6)cc5)cc4)c4cccc(P)c4)cc3)cc2)c1. The largest absolute Gasteiger partial charge is 0.310 e. The van der Waals surface area contributed by atoms with Crippen molar-refractivity contribution in [3.05, 3.63) is 242 Å². The molecule has 0 saturated carbocycles. The zero-order valence-corrected chi connectivity index (χ0v) is 35.0. The van der Waals surface area contributed by atoms with Gasteiger partial charge in [0, 0.05) is 51.2 Å². The van der Waals surface area contributed by atoms with Gasteiger partial charge in [-0.15, -0.1) is 9.24 Å². The van der Waals surface area contributed by atoms with E-state index >= 15 is 0 Å². The molecular weight excluding hydrogens is 746 g/mol. The van der Waals surface area contributed by atoms with Crippen LogP contribution in [0.4, 0.5) is 51.2 Å². The van der Waals surface area contributed by atoms with E-state index in [1.165, 1.54) is 33.4 Å². The third-order valence-corrected chi connectivity index (χ3v) is 11.2. The molecule has 9 rings (SSSR count). The average molecular weight is 792 g/mol. The van der Waals surface area contributed by atoms with Crippen LogP contribution in [0.5, 0.6) is 0 Å². The van der Waals surface area contributed by atoms with Gasteiger partial charge in [0.25, 0.3) is 0 Å². The number of hydrogen-bond donors (Lipinski definition) is 0. The molecule has 9 aromatic carbocycles. The number of hydrogen-bond acceptors (Lipinski definition) is 3. The number of rotatable bonds is 11. The number of aryl methyl sites for hydroxylation is 2. The minimum absolute atomic E-state index is 1.09. The van der Waals surface area contributed by atoms with E-state index in [-0.39, 0.29) is 0 Å². The monoisotopic (exact) mass is 791 g/mol. The van der Waals surface area contributed by atoms with Gasteiger partial charge < -0.3 is 14.7 Å². The summed E-state index contributed by atoms with van der Waals surface area (Å²) in [6.45, 7) is 4.28. The molecule has 0 aromatic heterocycles. The average Bonchev–Trinajstić information content (AvgIpc) is 3.29. The molecule has 60 heavy (non-hydrogen) atoms. The first-order chi connectivity index (χ1) is 29.5. The summed E-state index contributed by atoms with van der Waals surface area (Å²) in [5.74, 6) is 0. The van der Waals surface area contributed by atoms with E-state index in [1.54, 1.807) is 0 Å². The van der Waals surface area contributed by atoms with E-state index < -0.39 is 0 Å². The van der Waals surface area contributed by atoms with Crippen molar-refractivity contribution in [2.75, 3.05) is 14.7 Å². The fourth-order valence-corrected chi connectivity index (χ4v) is 8.19. The zero-order chi connectivity index (χ0) is 40.8. The van der Waals surface area contributed by atoms with Crippen LogP contribution < -0.4 is 20.0 Å². The van der Waals surface area contributed by atoms with Crippen molar-refractivity contribution in [1.29, 1.82) is 0 Å². The Balaban J connectivity index is 0.985. The lowest BCUT2D eigenvalue weighted by atomic mass is 10.0. The van der Waals surface area contributed by atoms with Gasteiger partial charge in [-0.25, -0.2) is 0 Å². The summed E-state index contributed by atoms with van der Waals surface area (Å²) in [5.41, 5.74) is 17.2. The van der Waals surface area contributed by atoms with Gasteiger partial charge >= 0.3 is 0 Å². The summed E-state index contributed by atoms with van der Waals surface area (Å²) in [5, 5.41) is 1.14. The Bertz CT molecular complexity index is 2640. The lowest BCUT2D eigenvalue weighted by molar-refractivity contribution is 1.27. The van der Waals surface area contributed by atoms with Gasteiger partial charge in [0.1, 0.15) is 0 Å². The molecule has 0 radical (unpaired) electrons. The molecule has 4 heteroatoms. The third kappa shape index (κ3) is 8.36. The van der Waals surface area contributed by atoms with Gasteiger partial charge in [0.2, 0.25) is 0 Å². The zero-order valence-electron chi connectivity index (χ0n) is 33.9. The number of benzene rings is 9. The van der Waals surface area contributed by atoms with Crippen LogP contribution in [0.1, 0.15) is 11.1 Å². The molecule has 0 aliphatic rings. The second-order valence-corrected chi connectivity index (χ2v) is 15.8. The number of nitrogens with zero attached hydrogens (tertiary/aromatic N) is 3. The van der Waals surface area contributed by atoms with Crippen molar-refractivity contribution in [1.82, 2.24) is 0 Å². The highest BCUT2D eigenvalue weighted by molar-refractivity contribution is 7.27. The number of anilines is 9. The molecule has 0 aliphatic heterocycles. The standard InChI is InChI=1S/C56H46N3P/c1-41-12-9-18-53(38-41)57(47-14-5-3-6-15-47)49-30-22-43(23-31-49)45-26-34-51(35-27-45)59(55-20-11-21-56(60)40-55)52-36-28-46(29-37-52)44-24-32-50(33-25-44)58(48-16-7-4-8-17-48)54-19-10-13-42(2)39-54/h3-40H,60H2,1-2H3. The molecule has 0 aliphatic carbocycles. The van der Waals surface area contributed by atoms with Gasteiger partial charge in [-0.2, -0.15) is 0 Å². The second kappa shape index (κ2) is 17.3. The Morgan fingerprint density at radius 1 is 0.250 bits per heavy atom. The Labute approximate surface area is 356 Å². The summed E-state index contributed by atoms with van der Waals surface area (Å²) in [4.78, 5) is 6.95. The highest BCUT2D eigenvalue weighted by Gasteiger charge is 2.17. The summed E-state index contributed by atoms with van der Waals surface area (Å²) < 4.78 is 0. The Morgan fingerprint density at radius 2 is 0.517 bits per heavy atom. The summed E-state index contributed by atoms with van der Waals surface area (Å²) in [6.07, 6.45) is 0. The van der Waals surface area contributed by atoms with E-state index in [1.807, 2.05) is 0 Å². The minimum atomic E-state index is 1.09. The number of para-hydroxylation sites is 2. The van der Waals surface area contributed by atoms with Crippen LogP contribution in [0, 0.1) is 13.8 Å². The molecule has 0 spiro atoms. The molecule has 3 nitrogen and oxygen atoms in total. The van der Waals surface area contributed by atoms with Gasteiger partial charge in [-0.3, -0.25) is 0 Å². The maximum atomic E-state index is 2.85. The van der Waals surface area contributed by atoms with Crippen molar-refractivity contribution in [2.45, 2.75) is 13.8 Å². The van der Waals surface area contributed by atoms with Gasteiger partial charge in [0.15, 0.2) is 0 Å². The van der Waals surface area contributed by atoms with Crippen LogP contribution in [0.3, 0.4) is 0 Å². The predicted molar refractivity (Wildman–Crippen MR) is 260 cm³/mol. The summed E-state index contributed by atoms with van der Waals surface area (Å²) in [6, 6.07) is 82.6. The Morgan fingerprint density at radius 3 is 0.817 bits per heavy atom. The maximum absolute atomic E-state index is 2.85. The van der Waals surface area contributed by atoms with E-state index in [0.717, 1.165) is 56.5 Å². The lowest BCUT2D eigenvalue weighted by Gasteiger charge is -2.27. The Kier molecular flexibility index (Phi) is 11.1. The molecule has 1 atom stereocenters.